The van der Waals surface area contributed by atoms with E-state index in [1.54, 1.807) is 0 Å². The Hall–Kier alpha value is -2.00. The lowest BCUT2D eigenvalue weighted by molar-refractivity contribution is -0.139. The van der Waals surface area contributed by atoms with Crippen LogP contribution in [0.15, 0.2) is 17.5 Å². The first-order valence-corrected chi connectivity index (χ1v) is 6.19. The van der Waals surface area contributed by atoms with Crippen molar-refractivity contribution in [3.63, 3.8) is 0 Å². The second-order valence-electron chi connectivity index (χ2n) is 3.65. The Morgan fingerprint density at radius 2 is 2.28 bits per heavy atom. The molecule has 2 amide bonds. The maximum Gasteiger partial charge on any atom is 0.327 e. The van der Waals surface area contributed by atoms with Crippen molar-refractivity contribution < 1.29 is 14.7 Å². The zero-order chi connectivity index (χ0) is 13.5. The predicted molar refractivity (Wildman–Crippen MR) is 69.3 cm³/mol. The molecule has 0 aromatic carbocycles. The SMILES string of the molecule is C#CCC(NC(=O)NC(C)c1cccs1)C(=O)O. The van der Waals surface area contributed by atoms with Gasteiger partial charge in [0.2, 0.25) is 0 Å². The van der Waals surface area contributed by atoms with Crippen molar-refractivity contribution in [2.45, 2.75) is 25.4 Å². The third-order valence-electron chi connectivity index (χ3n) is 2.24. The van der Waals surface area contributed by atoms with Crippen molar-refractivity contribution >= 4 is 23.3 Å². The second kappa shape index (κ2) is 6.67. The van der Waals surface area contributed by atoms with Crippen molar-refractivity contribution in [2.75, 3.05) is 0 Å². The van der Waals surface area contributed by atoms with Gasteiger partial charge in [-0.15, -0.1) is 23.7 Å². The number of terminal acetylenes is 1. The summed E-state index contributed by atoms with van der Waals surface area (Å²) in [6.07, 6.45) is 4.99. The Balaban J connectivity index is 2.50. The number of rotatable bonds is 5. The molecule has 18 heavy (non-hydrogen) atoms. The predicted octanol–water partition coefficient (Wildman–Crippen LogP) is 1.58. The number of carbonyl (C=O) groups excluding carboxylic acids is 1. The third-order valence-corrected chi connectivity index (χ3v) is 3.30. The summed E-state index contributed by atoms with van der Waals surface area (Å²) in [4.78, 5) is 23.4. The van der Waals surface area contributed by atoms with E-state index in [1.807, 2.05) is 24.4 Å². The van der Waals surface area contributed by atoms with Gasteiger partial charge < -0.3 is 15.7 Å². The van der Waals surface area contributed by atoms with Crippen molar-refractivity contribution in [3.8, 4) is 12.3 Å². The molecular formula is C12H14N2O3S. The Bertz CT molecular complexity index is 450. The van der Waals surface area contributed by atoms with Crippen molar-refractivity contribution in [3.05, 3.63) is 22.4 Å². The molecule has 0 bridgehead atoms. The Labute approximate surface area is 109 Å². The zero-order valence-corrected chi connectivity index (χ0v) is 10.7. The molecule has 6 heteroatoms. The minimum absolute atomic E-state index is 0.0455. The molecule has 2 atom stereocenters. The quantitative estimate of drug-likeness (QED) is 0.708. The fourth-order valence-corrected chi connectivity index (χ4v) is 2.06. The number of urea groups is 1. The van der Waals surface area contributed by atoms with E-state index in [2.05, 4.69) is 16.6 Å². The smallest absolute Gasteiger partial charge is 0.327 e. The van der Waals surface area contributed by atoms with Crippen molar-refractivity contribution in [1.29, 1.82) is 0 Å². The molecule has 0 radical (unpaired) electrons. The van der Waals surface area contributed by atoms with Gasteiger partial charge in [-0.2, -0.15) is 0 Å². The van der Waals surface area contributed by atoms with Crippen molar-refractivity contribution in [1.82, 2.24) is 10.6 Å². The normalized spacial score (nSPS) is 13.1. The van der Waals surface area contributed by atoms with Crippen LogP contribution in [0.2, 0.25) is 0 Å². The van der Waals surface area contributed by atoms with E-state index in [4.69, 9.17) is 11.5 Å². The minimum atomic E-state index is -1.15. The molecule has 1 heterocycles. The summed E-state index contributed by atoms with van der Waals surface area (Å²) < 4.78 is 0. The summed E-state index contributed by atoms with van der Waals surface area (Å²) in [7, 11) is 0. The molecule has 0 fully saturated rings. The molecule has 0 aliphatic carbocycles. The van der Waals surface area contributed by atoms with Gasteiger partial charge >= 0.3 is 12.0 Å². The Morgan fingerprint density at radius 3 is 2.78 bits per heavy atom. The first kappa shape index (κ1) is 14.1. The van der Waals surface area contributed by atoms with Gasteiger partial charge in [0.25, 0.3) is 0 Å². The molecule has 1 aromatic heterocycles. The summed E-state index contributed by atoms with van der Waals surface area (Å²) in [5.41, 5.74) is 0. The van der Waals surface area contributed by atoms with E-state index in [1.165, 1.54) is 11.3 Å². The summed E-state index contributed by atoms with van der Waals surface area (Å²) in [5, 5.41) is 15.7. The topological polar surface area (TPSA) is 78.4 Å². The number of carbonyl (C=O) groups is 2. The van der Waals surface area contributed by atoms with Gasteiger partial charge in [-0.1, -0.05) is 6.07 Å². The van der Waals surface area contributed by atoms with Gasteiger partial charge in [0.05, 0.1) is 6.04 Å². The number of hydrogen-bond acceptors (Lipinski definition) is 3. The van der Waals surface area contributed by atoms with Crippen LogP contribution in [0.4, 0.5) is 4.79 Å². The van der Waals surface area contributed by atoms with Gasteiger partial charge in [-0.3, -0.25) is 0 Å². The summed E-state index contributed by atoms with van der Waals surface area (Å²) in [6.45, 7) is 1.82. The molecule has 3 N–H and O–H groups in total. The molecule has 1 rings (SSSR count). The van der Waals surface area contributed by atoms with Crippen LogP contribution in [0, 0.1) is 12.3 Å². The summed E-state index contributed by atoms with van der Waals surface area (Å²) >= 11 is 1.52. The standard InChI is InChI=1S/C12H14N2O3S/c1-3-5-9(11(15)16)14-12(17)13-8(2)10-6-4-7-18-10/h1,4,6-9H,5H2,2H3,(H,15,16)(H2,13,14,17). The van der Waals surface area contributed by atoms with Crippen LogP contribution < -0.4 is 10.6 Å². The van der Waals surface area contributed by atoms with Gasteiger partial charge in [-0.25, -0.2) is 9.59 Å². The Kier molecular flexibility index (Phi) is 5.21. The van der Waals surface area contributed by atoms with Gasteiger partial charge in [-0.05, 0) is 18.4 Å². The maximum absolute atomic E-state index is 11.6. The molecule has 1 aromatic rings. The average molecular weight is 266 g/mol. The number of hydrogen-bond donors (Lipinski definition) is 3. The highest BCUT2D eigenvalue weighted by atomic mass is 32.1. The van der Waals surface area contributed by atoms with Crippen LogP contribution in [0.5, 0.6) is 0 Å². The lowest BCUT2D eigenvalue weighted by Gasteiger charge is -2.16. The highest BCUT2D eigenvalue weighted by Gasteiger charge is 2.19. The molecule has 0 spiro atoms. The fraction of sp³-hybridized carbons (Fsp3) is 0.333. The number of carboxylic acid groups (broad SMARTS) is 1. The summed E-state index contributed by atoms with van der Waals surface area (Å²) in [5.74, 6) is 1.07. The molecule has 0 aliphatic heterocycles. The highest BCUT2D eigenvalue weighted by molar-refractivity contribution is 7.10. The van der Waals surface area contributed by atoms with Crippen LogP contribution in [-0.4, -0.2) is 23.1 Å². The van der Waals surface area contributed by atoms with E-state index in [-0.39, 0.29) is 12.5 Å². The van der Waals surface area contributed by atoms with Crippen LogP contribution in [0.25, 0.3) is 0 Å². The van der Waals surface area contributed by atoms with Crippen molar-refractivity contribution in [2.24, 2.45) is 0 Å². The number of carboxylic acids is 1. The summed E-state index contributed by atoms with van der Waals surface area (Å²) in [6, 6.07) is 1.99. The number of amides is 2. The maximum atomic E-state index is 11.6. The molecular weight excluding hydrogens is 252 g/mol. The monoisotopic (exact) mass is 266 g/mol. The first-order valence-electron chi connectivity index (χ1n) is 5.31. The number of nitrogens with one attached hydrogen (secondary N) is 2. The second-order valence-corrected chi connectivity index (χ2v) is 4.63. The lowest BCUT2D eigenvalue weighted by Crippen LogP contribution is -2.46. The molecule has 0 saturated carbocycles. The minimum Gasteiger partial charge on any atom is -0.480 e. The molecule has 5 nitrogen and oxygen atoms in total. The van der Waals surface area contributed by atoms with Crippen LogP contribution >= 0.6 is 11.3 Å². The largest absolute Gasteiger partial charge is 0.480 e. The van der Waals surface area contributed by atoms with E-state index in [0.717, 1.165) is 4.88 Å². The molecule has 2 unspecified atom stereocenters. The fourth-order valence-electron chi connectivity index (χ4n) is 1.32. The van der Waals surface area contributed by atoms with Gasteiger partial charge in [0.15, 0.2) is 0 Å². The Morgan fingerprint density at radius 1 is 1.56 bits per heavy atom. The van der Waals surface area contributed by atoms with Gasteiger partial charge in [0.1, 0.15) is 6.04 Å². The third kappa shape index (κ3) is 4.11. The van der Waals surface area contributed by atoms with E-state index < -0.39 is 18.0 Å². The van der Waals surface area contributed by atoms with Crippen LogP contribution in [-0.2, 0) is 4.79 Å². The van der Waals surface area contributed by atoms with E-state index >= 15 is 0 Å². The molecule has 96 valence electrons. The number of aliphatic carboxylic acids is 1. The van der Waals surface area contributed by atoms with Crippen LogP contribution in [0.3, 0.4) is 0 Å². The zero-order valence-electron chi connectivity index (χ0n) is 9.84. The first-order chi connectivity index (χ1) is 8.54. The average Bonchev–Trinajstić information content (AvgIpc) is 2.81. The molecule has 0 aliphatic rings. The van der Waals surface area contributed by atoms with E-state index in [0.29, 0.717) is 0 Å². The van der Waals surface area contributed by atoms with Gasteiger partial charge in [0, 0.05) is 11.3 Å². The highest BCUT2D eigenvalue weighted by Crippen LogP contribution is 2.17. The van der Waals surface area contributed by atoms with Crippen LogP contribution in [0.1, 0.15) is 24.3 Å². The molecule has 0 saturated heterocycles. The van der Waals surface area contributed by atoms with E-state index in [9.17, 15) is 9.59 Å². The lowest BCUT2D eigenvalue weighted by atomic mass is 10.2. The number of thiophene rings is 1.